The van der Waals surface area contributed by atoms with Crippen molar-refractivity contribution in [2.75, 3.05) is 44.2 Å². The van der Waals surface area contributed by atoms with Crippen LogP contribution in [0.4, 0.5) is 0 Å². The van der Waals surface area contributed by atoms with Gasteiger partial charge in [-0.15, -0.1) is 24.8 Å². The average molecular weight is 404 g/mol. The summed E-state index contributed by atoms with van der Waals surface area (Å²) in [6.45, 7) is 3.04. The van der Waals surface area contributed by atoms with E-state index in [1.807, 2.05) is 0 Å². The third kappa shape index (κ3) is 7.44. The summed E-state index contributed by atoms with van der Waals surface area (Å²) in [5.74, 6) is 0.547. The quantitative estimate of drug-likeness (QED) is 0.689. The molecule has 0 atom stereocenters. The molecular weight excluding hydrogens is 373 g/mol. The van der Waals surface area contributed by atoms with Gasteiger partial charge in [-0.2, -0.15) is 0 Å². The second kappa shape index (κ2) is 10.8. The van der Waals surface area contributed by atoms with Gasteiger partial charge in [0.1, 0.15) is 0 Å². The van der Waals surface area contributed by atoms with Gasteiger partial charge in [0.15, 0.2) is 9.84 Å². The van der Waals surface area contributed by atoms with Gasteiger partial charge in [-0.3, -0.25) is 9.69 Å². The smallest absolute Gasteiger partial charge is 0.220 e. The third-order valence-electron chi connectivity index (χ3n) is 5.07. The SMILES string of the molecule is Cl.Cl.NCC1(CC(=O)NCCN2CCS(=O)(=O)CC2)CCCCC1. The number of amides is 1. The lowest BCUT2D eigenvalue weighted by atomic mass is 9.71. The van der Waals surface area contributed by atoms with Crippen LogP contribution >= 0.6 is 24.8 Å². The summed E-state index contributed by atoms with van der Waals surface area (Å²) in [6.07, 6.45) is 6.24. The summed E-state index contributed by atoms with van der Waals surface area (Å²) < 4.78 is 22.7. The summed E-state index contributed by atoms with van der Waals surface area (Å²) in [5.41, 5.74) is 5.91. The predicted octanol–water partition coefficient (Wildman–Crippen LogP) is 0.976. The highest BCUT2D eigenvalue weighted by Gasteiger charge is 2.32. The molecular formula is C15H31Cl2N3O3S. The highest BCUT2D eigenvalue weighted by molar-refractivity contribution is 7.91. The predicted molar refractivity (Wildman–Crippen MR) is 102 cm³/mol. The molecule has 0 aromatic heterocycles. The van der Waals surface area contributed by atoms with Crippen LogP contribution in [-0.2, 0) is 14.6 Å². The summed E-state index contributed by atoms with van der Waals surface area (Å²) >= 11 is 0. The molecule has 2 aliphatic rings. The van der Waals surface area contributed by atoms with Crippen LogP contribution in [0.15, 0.2) is 0 Å². The molecule has 0 radical (unpaired) electrons. The van der Waals surface area contributed by atoms with Crippen LogP contribution in [-0.4, -0.2) is 63.5 Å². The molecule has 1 aliphatic heterocycles. The van der Waals surface area contributed by atoms with E-state index in [-0.39, 0.29) is 47.6 Å². The first-order valence-corrected chi connectivity index (χ1v) is 10.2. The fraction of sp³-hybridized carbons (Fsp3) is 0.933. The van der Waals surface area contributed by atoms with Crippen LogP contribution < -0.4 is 11.1 Å². The first-order valence-electron chi connectivity index (χ1n) is 8.34. The highest BCUT2D eigenvalue weighted by Crippen LogP contribution is 2.38. The summed E-state index contributed by atoms with van der Waals surface area (Å²) in [5, 5.41) is 2.97. The van der Waals surface area contributed by atoms with Crippen molar-refractivity contribution >= 4 is 40.6 Å². The molecule has 1 heterocycles. The van der Waals surface area contributed by atoms with Crippen LogP contribution in [0.5, 0.6) is 0 Å². The van der Waals surface area contributed by atoms with Crippen LogP contribution in [0.25, 0.3) is 0 Å². The number of hydrogen-bond acceptors (Lipinski definition) is 5. The van der Waals surface area contributed by atoms with Gasteiger partial charge in [-0.1, -0.05) is 19.3 Å². The van der Waals surface area contributed by atoms with E-state index in [9.17, 15) is 13.2 Å². The van der Waals surface area contributed by atoms with Crippen molar-refractivity contribution in [1.82, 2.24) is 10.2 Å². The molecule has 1 saturated carbocycles. The van der Waals surface area contributed by atoms with E-state index in [4.69, 9.17) is 5.73 Å². The monoisotopic (exact) mass is 403 g/mol. The Morgan fingerprint density at radius 2 is 1.67 bits per heavy atom. The van der Waals surface area contributed by atoms with Gasteiger partial charge < -0.3 is 11.1 Å². The maximum absolute atomic E-state index is 12.1. The van der Waals surface area contributed by atoms with Crippen molar-refractivity contribution in [3.8, 4) is 0 Å². The van der Waals surface area contributed by atoms with Gasteiger partial charge in [0.2, 0.25) is 5.91 Å². The first-order chi connectivity index (χ1) is 10.4. The standard InChI is InChI=1S/C15H29N3O3S.2ClH/c16-13-15(4-2-1-3-5-15)12-14(19)17-6-7-18-8-10-22(20,21)11-9-18;;/h1-13,16H2,(H,17,19);2*1H. The summed E-state index contributed by atoms with van der Waals surface area (Å²) in [4.78, 5) is 14.2. The Balaban J connectivity index is 0.00000264. The Kier molecular flexibility index (Phi) is 10.8. The Hall–Kier alpha value is -0.0800. The number of nitrogens with zero attached hydrogens (tertiary/aromatic N) is 1. The van der Waals surface area contributed by atoms with Crippen molar-refractivity contribution in [3.63, 3.8) is 0 Å². The van der Waals surface area contributed by atoms with E-state index in [0.717, 1.165) is 19.4 Å². The largest absolute Gasteiger partial charge is 0.355 e. The van der Waals surface area contributed by atoms with Crippen LogP contribution in [0, 0.1) is 5.41 Å². The number of nitrogens with one attached hydrogen (secondary N) is 1. The third-order valence-corrected chi connectivity index (χ3v) is 6.68. The molecule has 0 aromatic carbocycles. The van der Waals surface area contributed by atoms with Crippen molar-refractivity contribution in [2.45, 2.75) is 38.5 Å². The molecule has 1 saturated heterocycles. The molecule has 0 unspecified atom stereocenters. The second-order valence-electron chi connectivity index (χ2n) is 6.78. The van der Waals surface area contributed by atoms with Crippen LogP contribution in [0.3, 0.4) is 0 Å². The normalized spacial score (nSPS) is 22.7. The summed E-state index contributed by atoms with van der Waals surface area (Å²) in [7, 11) is -2.83. The molecule has 1 aliphatic carbocycles. The topological polar surface area (TPSA) is 92.5 Å². The van der Waals surface area contributed by atoms with Crippen molar-refractivity contribution in [3.05, 3.63) is 0 Å². The van der Waals surface area contributed by atoms with E-state index in [1.165, 1.54) is 19.3 Å². The average Bonchev–Trinajstić information content (AvgIpc) is 2.50. The van der Waals surface area contributed by atoms with E-state index < -0.39 is 9.84 Å². The Labute approximate surface area is 158 Å². The summed E-state index contributed by atoms with van der Waals surface area (Å²) in [6, 6.07) is 0. The number of nitrogens with two attached hydrogens (primary N) is 1. The molecule has 2 rings (SSSR count). The maximum Gasteiger partial charge on any atom is 0.220 e. The molecule has 2 fully saturated rings. The first kappa shape index (κ1) is 23.9. The zero-order valence-corrected chi connectivity index (χ0v) is 16.6. The lowest BCUT2D eigenvalue weighted by Gasteiger charge is -2.35. The van der Waals surface area contributed by atoms with Gasteiger partial charge in [0, 0.05) is 32.6 Å². The Bertz CT molecular complexity index is 468. The number of halogens is 2. The minimum Gasteiger partial charge on any atom is -0.355 e. The number of carbonyl (C=O) groups excluding carboxylic acids is 1. The molecule has 0 aromatic rings. The Morgan fingerprint density at radius 3 is 2.21 bits per heavy atom. The zero-order valence-electron chi connectivity index (χ0n) is 14.2. The molecule has 1 amide bonds. The second-order valence-corrected chi connectivity index (χ2v) is 9.09. The molecule has 24 heavy (non-hydrogen) atoms. The highest BCUT2D eigenvalue weighted by atomic mass is 35.5. The fourth-order valence-electron chi connectivity index (χ4n) is 3.49. The molecule has 144 valence electrons. The molecule has 0 bridgehead atoms. The van der Waals surface area contributed by atoms with Crippen LogP contribution in [0.1, 0.15) is 38.5 Å². The van der Waals surface area contributed by atoms with Gasteiger partial charge in [0.05, 0.1) is 11.5 Å². The zero-order chi connectivity index (χ0) is 16.1. The number of carbonyl (C=O) groups is 1. The minimum absolute atomic E-state index is 0. The van der Waals surface area contributed by atoms with Gasteiger partial charge in [-0.25, -0.2) is 8.42 Å². The van der Waals surface area contributed by atoms with E-state index in [0.29, 0.717) is 32.6 Å². The number of hydrogen-bond donors (Lipinski definition) is 2. The Morgan fingerprint density at radius 1 is 1.08 bits per heavy atom. The van der Waals surface area contributed by atoms with Gasteiger partial charge in [0.25, 0.3) is 0 Å². The lowest BCUT2D eigenvalue weighted by molar-refractivity contribution is -0.123. The van der Waals surface area contributed by atoms with Gasteiger partial charge >= 0.3 is 0 Å². The van der Waals surface area contributed by atoms with Crippen molar-refractivity contribution in [2.24, 2.45) is 11.1 Å². The molecule has 0 spiro atoms. The van der Waals surface area contributed by atoms with E-state index in [2.05, 4.69) is 10.2 Å². The van der Waals surface area contributed by atoms with E-state index >= 15 is 0 Å². The number of rotatable bonds is 6. The lowest BCUT2D eigenvalue weighted by Crippen LogP contribution is -2.45. The molecule has 6 nitrogen and oxygen atoms in total. The van der Waals surface area contributed by atoms with Crippen LogP contribution in [0.2, 0.25) is 0 Å². The fourth-order valence-corrected chi connectivity index (χ4v) is 4.76. The minimum atomic E-state index is -2.83. The molecule has 9 heteroatoms. The maximum atomic E-state index is 12.1. The van der Waals surface area contributed by atoms with Gasteiger partial charge in [-0.05, 0) is 24.8 Å². The van der Waals surface area contributed by atoms with Crippen molar-refractivity contribution < 1.29 is 13.2 Å². The van der Waals surface area contributed by atoms with Crippen molar-refractivity contribution in [1.29, 1.82) is 0 Å². The van der Waals surface area contributed by atoms with E-state index in [1.54, 1.807) is 0 Å². The number of sulfone groups is 1. The molecule has 3 N–H and O–H groups in total.